The Morgan fingerprint density at radius 3 is 2.96 bits per heavy atom. The van der Waals surface area contributed by atoms with Crippen LogP contribution in [-0.2, 0) is 4.74 Å². The van der Waals surface area contributed by atoms with Crippen molar-refractivity contribution in [1.29, 1.82) is 0 Å². The number of aromatic nitrogens is 3. The van der Waals surface area contributed by atoms with Crippen LogP contribution in [0.25, 0.3) is 11.0 Å². The summed E-state index contributed by atoms with van der Waals surface area (Å²) in [6.45, 7) is -0.240. The van der Waals surface area contributed by atoms with E-state index in [2.05, 4.69) is 27.7 Å². The summed E-state index contributed by atoms with van der Waals surface area (Å²) in [5.74, 6) is 9.12. The fraction of sp³-hybridized carbons (Fsp3) is 0.444. The SMILES string of the molecule is C#CCCCC#Cc1cn([C@H]2C[C@H](O)[C@@H](CO)O2)c2ncnc(N)c12. The van der Waals surface area contributed by atoms with Crippen molar-refractivity contribution in [2.45, 2.75) is 44.1 Å². The van der Waals surface area contributed by atoms with Crippen molar-refractivity contribution in [3.8, 4) is 24.2 Å². The minimum atomic E-state index is -0.732. The average molecular weight is 340 g/mol. The van der Waals surface area contributed by atoms with Gasteiger partial charge in [-0.2, -0.15) is 0 Å². The number of aliphatic hydroxyl groups excluding tert-OH is 2. The molecule has 0 radical (unpaired) electrons. The maximum atomic E-state index is 9.98. The second-order valence-electron chi connectivity index (χ2n) is 5.88. The summed E-state index contributed by atoms with van der Waals surface area (Å²) in [4.78, 5) is 8.33. The molecule has 0 unspecified atom stereocenters. The maximum absolute atomic E-state index is 9.98. The van der Waals surface area contributed by atoms with Gasteiger partial charge in [0.05, 0.1) is 23.7 Å². The first-order chi connectivity index (χ1) is 12.2. The summed E-state index contributed by atoms with van der Waals surface area (Å²) in [5.41, 5.74) is 7.31. The topological polar surface area (TPSA) is 106 Å². The molecule has 1 fully saturated rings. The number of nitrogens with zero attached hydrogens (tertiary/aromatic N) is 3. The lowest BCUT2D eigenvalue weighted by atomic mass is 10.2. The molecule has 0 saturated carbocycles. The van der Waals surface area contributed by atoms with Crippen LogP contribution in [0.15, 0.2) is 12.5 Å². The molecule has 3 rings (SSSR count). The van der Waals surface area contributed by atoms with Crippen LogP contribution in [-0.4, -0.2) is 43.6 Å². The van der Waals surface area contributed by atoms with Crippen molar-refractivity contribution < 1.29 is 14.9 Å². The number of aliphatic hydroxyl groups is 2. The first-order valence-corrected chi connectivity index (χ1v) is 8.13. The molecule has 25 heavy (non-hydrogen) atoms. The summed E-state index contributed by atoms with van der Waals surface area (Å²) in [6.07, 6.45) is 9.21. The zero-order valence-electron chi connectivity index (χ0n) is 13.7. The van der Waals surface area contributed by atoms with E-state index in [0.29, 0.717) is 41.7 Å². The Bertz CT molecular complexity index is 859. The second-order valence-corrected chi connectivity index (χ2v) is 5.88. The molecule has 1 aliphatic rings. The molecule has 7 heteroatoms. The van der Waals surface area contributed by atoms with Crippen LogP contribution in [0.5, 0.6) is 0 Å². The van der Waals surface area contributed by atoms with Gasteiger partial charge in [-0.05, 0) is 6.42 Å². The Morgan fingerprint density at radius 1 is 1.40 bits per heavy atom. The predicted octanol–water partition coefficient (Wildman–Crippen LogP) is 0.809. The maximum Gasteiger partial charge on any atom is 0.148 e. The number of anilines is 1. The van der Waals surface area contributed by atoms with Crippen LogP contribution in [0, 0.1) is 24.2 Å². The van der Waals surface area contributed by atoms with Gasteiger partial charge < -0.3 is 25.3 Å². The highest BCUT2D eigenvalue weighted by molar-refractivity contribution is 5.92. The van der Waals surface area contributed by atoms with Gasteiger partial charge in [0.25, 0.3) is 0 Å². The standard InChI is InChI=1S/C18H20N4O3/c1-2-3-4-5-6-7-12-9-22(15-8-13(24)14(10-23)25-15)18-16(12)17(19)20-11-21-18/h1,9,11,13-15,23-24H,3-5,8,10H2,(H2,19,20,21)/t13-,14+,15+/m0/s1. The highest BCUT2D eigenvalue weighted by Gasteiger charge is 2.35. The van der Waals surface area contributed by atoms with Gasteiger partial charge in [-0.3, -0.25) is 0 Å². The lowest BCUT2D eigenvalue weighted by Crippen LogP contribution is -2.24. The van der Waals surface area contributed by atoms with E-state index in [1.807, 2.05) is 0 Å². The molecule has 0 bridgehead atoms. The molecular weight excluding hydrogens is 320 g/mol. The first kappa shape index (κ1) is 17.2. The van der Waals surface area contributed by atoms with E-state index in [4.69, 9.17) is 16.9 Å². The third kappa shape index (κ3) is 3.45. The molecule has 4 N–H and O–H groups in total. The third-order valence-electron chi connectivity index (χ3n) is 4.18. The van der Waals surface area contributed by atoms with Crippen molar-refractivity contribution in [1.82, 2.24) is 14.5 Å². The monoisotopic (exact) mass is 340 g/mol. The fourth-order valence-corrected chi connectivity index (χ4v) is 2.91. The van der Waals surface area contributed by atoms with E-state index in [1.165, 1.54) is 6.33 Å². The fourth-order valence-electron chi connectivity index (χ4n) is 2.91. The number of rotatable bonds is 4. The largest absolute Gasteiger partial charge is 0.394 e. The molecular formula is C18H20N4O3. The number of terminal acetylenes is 1. The molecule has 1 aliphatic heterocycles. The number of unbranched alkanes of at least 4 members (excludes halogenated alkanes) is 2. The van der Waals surface area contributed by atoms with Gasteiger partial charge >= 0.3 is 0 Å². The van der Waals surface area contributed by atoms with E-state index in [9.17, 15) is 10.2 Å². The van der Waals surface area contributed by atoms with E-state index in [0.717, 1.165) is 6.42 Å². The van der Waals surface area contributed by atoms with E-state index >= 15 is 0 Å². The number of hydrogen-bond donors (Lipinski definition) is 3. The van der Waals surface area contributed by atoms with Crippen LogP contribution >= 0.6 is 0 Å². The van der Waals surface area contributed by atoms with Crippen LogP contribution in [0.2, 0.25) is 0 Å². The molecule has 130 valence electrons. The quantitative estimate of drug-likeness (QED) is 0.562. The van der Waals surface area contributed by atoms with Crippen LogP contribution in [0.4, 0.5) is 5.82 Å². The Balaban J connectivity index is 1.95. The molecule has 3 atom stereocenters. The summed E-state index contributed by atoms with van der Waals surface area (Å²) in [5, 5.41) is 19.9. The van der Waals surface area contributed by atoms with Crippen LogP contribution < -0.4 is 5.73 Å². The lowest BCUT2D eigenvalue weighted by Gasteiger charge is -2.14. The zero-order valence-corrected chi connectivity index (χ0v) is 13.7. The third-order valence-corrected chi connectivity index (χ3v) is 4.18. The van der Waals surface area contributed by atoms with E-state index < -0.39 is 18.4 Å². The Labute approximate surface area is 145 Å². The predicted molar refractivity (Wildman–Crippen MR) is 93.1 cm³/mol. The summed E-state index contributed by atoms with van der Waals surface area (Å²) < 4.78 is 7.51. The molecule has 1 saturated heterocycles. The molecule has 0 aliphatic carbocycles. The number of hydrogen-bond acceptors (Lipinski definition) is 6. The molecule has 3 heterocycles. The summed E-state index contributed by atoms with van der Waals surface area (Å²) in [7, 11) is 0. The highest BCUT2D eigenvalue weighted by Crippen LogP contribution is 2.33. The van der Waals surface area contributed by atoms with Crippen LogP contribution in [0.1, 0.15) is 37.5 Å². The Hall–Kier alpha value is -2.58. The van der Waals surface area contributed by atoms with Crippen molar-refractivity contribution in [2.75, 3.05) is 12.3 Å². The van der Waals surface area contributed by atoms with Crippen molar-refractivity contribution in [3.63, 3.8) is 0 Å². The van der Waals surface area contributed by atoms with Crippen molar-refractivity contribution in [2.24, 2.45) is 0 Å². The van der Waals surface area contributed by atoms with Gasteiger partial charge in [-0.1, -0.05) is 11.8 Å². The summed E-state index contributed by atoms with van der Waals surface area (Å²) in [6, 6.07) is 0. The van der Waals surface area contributed by atoms with Crippen molar-refractivity contribution >= 4 is 16.9 Å². The molecule has 2 aromatic heterocycles. The van der Waals surface area contributed by atoms with Gasteiger partial charge in [0.1, 0.15) is 30.1 Å². The van der Waals surface area contributed by atoms with Gasteiger partial charge in [-0.25, -0.2) is 9.97 Å². The Kier molecular flexibility index (Phi) is 5.20. The molecule has 2 aromatic rings. The minimum absolute atomic E-state index is 0.240. The molecule has 0 spiro atoms. The number of nitrogen functional groups attached to an aromatic ring is 1. The molecule has 7 nitrogen and oxygen atoms in total. The van der Waals surface area contributed by atoms with Gasteiger partial charge in [0.2, 0.25) is 0 Å². The Morgan fingerprint density at radius 2 is 2.24 bits per heavy atom. The second kappa shape index (κ2) is 7.54. The zero-order chi connectivity index (χ0) is 17.8. The number of fused-ring (bicyclic) bond motifs is 1. The van der Waals surface area contributed by atoms with E-state index in [1.54, 1.807) is 10.8 Å². The lowest BCUT2D eigenvalue weighted by molar-refractivity contribution is -0.0430. The van der Waals surface area contributed by atoms with Crippen LogP contribution in [0.3, 0.4) is 0 Å². The summed E-state index contributed by atoms with van der Waals surface area (Å²) >= 11 is 0. The smallest absolute Gasteiger partial charge is 0.148 e. The highest BCUT2D eigenvalue weighted by atomic mass is 16.5. The number of ether oxygens (including phenoxy) is 1. The molecule has 0 aromatic carbocycles. The average Bonchev–Trinajstić information content (AvgIpc) is 3.16. The van der Waals surface area contributed by atoms with Gasteiger partial charge in [-0.15, -0.1) is 12.3 Å². The van der Waals surface area contributed by atoms with Crippen molar-refractivity contribution in [3.05, 3.63) is 18.1 Å². The van der Waals surface area contributed by atoms with E-state index in [-0.39, 0.29) is 6.61 Å². The first-order valence-electron chi connectivity index (χ1n) is 8.13. The molecule has 0 amide bonds. The number of nitrogens with two attached hydrogens (primary N) is 1. The van der Waals surface area contributed by atoms with Gasteiger partial charge in [0, 0.05) is 25.5 Å². The normalized spacial score (nSPS) is 22.5. The minimum Gasteiger partial charge on any atom is -0.394 e. The van der Waals surface area contributed by atoms with Gasteiger partial charge in [0.15, 0.2) is 0 Å².